The smallest absolute Gasteiger partial charge is 0.270 e. The van der Waals surface area contributed by atoms with Gasteiger partial charge >= 0.3 is 0 Å². The minimum atomic E-state index is -3.70. The number of pyridine rings is 1. The third kappa shape index (κ3) is 3.96. The van der Waals surface area contributed by atoms with Crippen LogP contribution in [-0.2, 0) is 10.0 Å². The lowest BCUT2D eigenvalue weighted by Gasteiger charge is -2.23. The molecule has 0 aliphatic carbocycles. The minimum Gasteiger partial charge on any atom is -0.355 e. The molecule has 1 aromatic heterocycles. The van der Waals surface area contributed by atoms with Crippen LogP contribution in [0.5, 0.6) is 0 Å². The maximum absolute atomic E-state index is 13.1. The summed E-state index contributed by atoms with van der Waals surface area (Å²) in [4.78, 5) is 17.1. The van der Waals surface area contributed by atoms with Gasteiger partial charge in [0.25, 0.3) is 5.69 Å². The maximum atomic E-state index is 13.1. The van der Waals surface area contributed by atoms with Crippen molar-refractivity contribution in [3.8, 4) is 0 Å². The third-order valence-corrected chi connectivity index (χ3v) is 7.01. The van der Waals surface area contributed by atoms with Crippen molar-refractivity contribution in [2.75, 3.05) is 31.1 Å². The molecule has 0 spiro atoms. The van der Waals surface area contributed by atoms with Crippen LogP contribution >= 0.6 is 0 Å². The van der Waals surface area contributed by atoms with Gasteiger partial charge in [0, 0.05) is 43.7 Å². The predicted octanol–water partition coefficient (Wildman–Crippen LogP) is 3.18. The Bertz CT molecular complexity index is 1200. The molecule has 1 aliphatic rings. The summed E-state index contributed by atoms with van der Waals surface area (Å²) in [7, 11) is -3.70. The molecule has 156 valence electrons. The third-order valence-electron chi connectivity index (χ3n) is 5.10. The fourth-order valence-corrected chi connectivity index (χ4v) is 4.98. The summed E-state index contributed by atoms with van der Waals surface area (Å²) < 4.78 is 40.3. The highest BCUT2D eigenvalue weighted by Gasteiger charge is 2.27. The van der Waals surface area contributed by atoms with Gasteiger partial charge < -0.3 is 4.90 Å². The van der Waals surface area contributed by atoms with Gasteiger partial charge in [-0.1, -0.05) is 0 Å². The zero-order chi connectivity index (χ0) is 21.3. The van der Waals surface area contributed by atoms with E-state index < -0.39 is 20.8 Å². The van der Waals surface area contributed by atoms with Crippen molar-refractivity contribution in [1.82, 2.24) is 9.29 Å². The number of anilines is 1. The Morgan fingerprint density at radius 1 is 0.967 bits per heavy atom. The number of rotatable bonds is 4. The summed E-state index contributed by atoms with van der Waals surface area (Å²) >= 11 is 0. The zero-order valence-electron chi connectivity index (χ0n) is 15.9. The zero-order valence-corrected chi connectivity index (χ0v) is 16.8. The van der Waals surface area contributed by atoms with Crippen molar-refractivity contribution >= 4 is 32.4 Å². The number of fused-ring (bicyclic) bond motifs is 1. The van der Waals surface area contributed by atoms with Crippen LogP contribution in [0.15, 0.2) is 59.5 Å². The molecule has 1 saturated heterocycles. The summed E-state index contributed by atoms with van der Waals surface area (Å²) in [6.45, 7) is 1.71. The molecule has 0 N–H and O–H groups in total. The van der Waals surface area contributed by atoms with Gasteiger partial charge in [-0.05, 0) is 48.9 Å². The number of hydrogen-bond donors (Lipinski definition) is 0. The number of benzene rings is 2. The van der Waals surface area contributed by atoms with Gasteiger partial charge in [-0.15, -0.1) is 0 Å². The molecular formula is C20H19FN4O4S. The van der Waals surface area contributed by atoms with Crippen LogP contribution in [-0.4, -0.2) is 48.8 Å². The van der Waals surface area contributed by atoms with Crippen LogP contribution in [0.2, 0.25) is 0 Å². The second-order valence-corrected chi connectivity index (χ2v) is 8.94. The average molecular weight is 430 g/mol. The highest BCUT2D eigenvalue weighted by molar-refractivity contribution is 7.89. The summed E-state index contributed by atoms with van der Waals surface area (Å²) in [6, 6.07) is 12.9. The van der Waals surface area contributed by atoms with Gasteiger partial charge in [-0.2, -0.15) is 4.31 Å². The molecule has 0 unspecified atom stereocenters. The minimum absolute atomic E-state index is 0.00784. The van der Waals surface area contributed by atoms with Crippen molar-refractivity contribution in [2.45, 2.75) is 11.3 Å². The Morgan fingerprint density at radius 2 is 1.73 bits per heavy atom. The number of sulfonamides is 1. The molecule has 8 nitrogen and oxygen atoms in total. The van der Waals surface area contributed by atoms with Crippen LogP contribution in [0.1, 0.15) is 6.42 Å². The predicted molar refractivity (Wildman–Crippen MR) is 110 cm³/mol. The van der Waals surface area contributed by atoms with E-state index in [0.29, 0.717) is 42.8 Å². The molecule has 1 fully saturated rings. The van der Waals surface area contributed by atoms with E-state index in [1.807, 2.05) is 4.90 Å². The normalized spacial score (nSPS) is 15.8. The molecule has 10 heteroatoms. The lowest BCUT2D eigenvalue weighted by Crippen LogP contribution is -2.35. The monoisotopic (exact) mass is 430 g/mol. The molecule has 0 radical (unpaired) electrons. The Morgan fingerprint density at radius 3 is 2.47 bits per heavy atom. The molecular weight excluding hydrogens is 411 g/mol. The van der Waals surface area contributed by atoms with E-state index in [4.69, 9.17) is 0 Å². The quantitative estimate of drug-likeness (QED) is 0.466. The van der Waals surface area contributed by atoms with Crippen LogP contribution < -0.4 is 4.90 Å². The Hall–Kier alpha value is -3.11. The summed E-state index contributed by atoms with van der Waals surface area (Å²) in [5.41, 5.74) is 0.645. The van der Waals surface area contributed by atoms with Crippen molar-refractivity contribution in [2.24, 2.45) is 0 Å². The van der Waals surface area contributed by atoms with E-state index in [9.17, 15) is 22.9 Å². The number of nitrogens with zero attached hydrogens (tertiary/aromatic N) is 4. The first kappa shape index (κ1) is 20.2. The van der Waals surface area contributed by atoms with Gasteiger partial charge in [-0.25, -0.2) is 17.8 Å². The molecule has 30 heavy (non-hydrogen) atoms. The molecule has 0 bridgehead atoms. The van der Waals surface area contributed by atoms with Crippen LogP contribution in [0.3, 0.4) is 0 Å². The number of nitro groups is 1. The topological polar surface area (TPSA) is 96.7 Å². The van der Waals surface area contributed by atoms with Gasteiger partial charge in [0.1, 0.15) is 11.6 Å². The SMILES string of the molecule is O=[N+]([O-])c1ccc2nc(N3CCCN(S(=O)(=O)c4ccc(F)cc4)CC3)ccc2c1. The Kier molecular flexibility index (Phi) is 5.35. The molecule has 1 aliphatic heterocycles. The highest BCUT2D eigenvalue weighted by atomic mass is 32.2. The first-order valence-corrected chi connectivity index (χ1v) is 10.8. The highest BCUT2D eigenvalue weighted by Crippen LogP contribution is 2.24. The Balaban J connectivity index is 1.53. The number of nitro benzene ring substituents is 1. The number of non-ortho nitro benzene ring substituents is 1. The van der Waals surface area contributed by atoms with Gasteiger partial charge in [0.05, 0.1) is 15.3 Å². The second kappa shape index (κ2) is 7.96. The van der Waals surface area contributed by atoms with E-state index in [2.05, 4.69) is 4.98 Å². The molecule has 2 aromatic carbocycles. The average Bonchev–Trinajstić information content (AvgIpc) is 3.00. The van der Waals surface area contributed by atoms with E-state index in [0.717, 1.165) is 12.1 Å². The van der Waals surface area contributed by atoms with Gasteiger partial charge in [-0.3, -0.25) is 10.1 Å². The van der Waals surface area contributed by atoms with Gasteiger partial charge in [0.2, 0.25) is 10.0 Å². The lowest BCUT2D eigenvalue weighted by molar-refractivity contribution is -0.384. The summed E-state index contributed by atoms with van der Waals surface area (Å²) in [5, 5.41) is 11.6. The van der Waals surface area contributed by atoms with Crippen molar-refractivity contribution in [3.63, 3.8) is 0 Å². The van der Waals surface area contributed by atoms with E-state index in [-0.39, 0.29) is 17.1 Å². The first-order chi connectivity index (χ1) is 14.3. The van der Waals surface area contributed by atoms with Crippen molar-refractivity contribution in [3.05, 3.63) is 70.5 Å². The van der Waals surface area contributed by atoms with Crippen LogP contribution in [0.4, 0.5) is 15.9 Å². The lowest BCUT2D eigenvalue weighted by atomic mass is 10.2. The van der Waals surface area contributed by atoms with E-state index in [1.165, 1.54) is 28.6 Å². The molecule has 0 amide bonds. The molecule has 0 saturated carbocycles. The number of aromatic nitrogens is 1. The molecule has 4 rings (SSSR count). The summed E-state index contributed by atoms with van der Waals surface area (Å²) in [5.74, 6) is 0.209. The molecule has 2 heterocycles. The van der Waals surface area contributed by atoms with Crippen LogP contribution in [0, 0.1) is 15.9 Å². The fraction of sp³-hybridized carbons (Fsp3) is 0.250. The molecule has 3 aromatic rings. The maximum Gasteiger partial charge on any atom is 0.270 e. The Labute approximate surface area is 172 Å². The van der Waals surface area contributed by atoms with E-state index in [1.54, 1.807) is 18.2 Å². The van der Waals surface area contributed by atoms with Crippen LogP contribution in [0.25, 0.3) is 10.9 Å². The number of hydrogen-bond acceptors (Lipinski definition) is 6. The largest absolute Gasteiger partial charge is 0.355 e. The van der Waals surface area contributed by atoms with Gasteiger partial charge in [0.15, 0.2) is 0 Å². The summed E-state index contributed by atoms with van der Waals surface area (Å²) in [6.07, 6.45) is 0.612. The second-order valence-electron chi connectivity index (χ2n) is 7.00. The standard InChI is InChI=1S/C20H19FN4O4S/c21-16-3-6-18(7-4-16)30(28,29)24-11-1-10-23(12-13-24)20-9-2-15-14-17(25(26)27)5-8-19(15)22-20/h2-9,14H,1,10-13H2. The first-order valence-electron chi connectivity index (χ1n) is 9.40. The van der Waals surface area contributed by atoms with Crippen molar-refractivity contribution < 1.29 is 17.7 Å². The van der Waals surface area contributed by atoms with E-state index >= 15 is 0 Å². The number of halogens is 1. The fourth-order valence-electron chi connectivity index (χ4n) is 3.51. The molecule has 0 atom stereocenters. The van der Waals surface area contributed by atoms with Crippen molar-refractivity contribution in [1.29, 1.82) is 0 Å².